The fraction of sp³-hybridized carbons (Fsp3) is 0.458. The van der Waals surface area contributed by atoms with Gasteiger partial charge in [-0.2, -0.15) is 0 Å². The number of hydrogen-bond acceptors (Lipinski definition) is 10. The van der Waals surface area contributed by atoms with E-state index in [4.69, 9.17) is 4.98 Å². The Labute approximate surface area is 220 Å². The van der Waals surface area contributed by atoms with Crippen molar-refractivity contribution >= 4 is 38.1 Å². The number of nitrogens with zero attached hydrogens (tertiary/aromatic N) is 5. The van der Waals surface area contributed by atoms with Gasteiger partial charge in [-0.05, 0) is 38.6 Å². The van der Waals surface area contributed by atoms with E-state index >= 15 is 4.39 Å². The number of hydrogen-bond donors (Lipinski definition) is 3. The minimum Gasteiger partial charge on any atom is -0.392 e. The van der Waals surface area contributed by atoms with Crippen LogP contribution in [0.4, 0.5) is 21.2 Å². The van der Waals surface area contributed by atoms with Crippen molar-refractivity contribution in [2.75, 3.05) is 60.5 Å². The zero-order valence-electron chi connectivity index (χ0n) is 21.1. The van der Waals surface area contributed by atoms with Gasteiger partial charge in [0.15, 0.2) is 10.9 Å². The highest BCUT2D eigenvalue weighted by Crippen LogP contribution is 2.42. The molecule has 200 valence electrons. The van der Waals surface area contributed by atoms with Crippen molar-refractivity contribution < 1.29 is 17.9 Å². The molecule has 4 rings (SSSR count). The summed E-state index contributed by atoms with van der Waals surface area (Å²) >= 11 is 1.41. The Balaban J connectivity index is 1.78. The molecule has 3 N–H and O–H groups in total. The molecule has 0 radical (unpaired) electrons. The summed E-state index contributed by atoms with van der Waals surface area (Å²) in [4.78, 5) is 18.7. The molecular weight excluding hydrogens is 517 g/mol. The predicted molar refractivity (Wildman–Crippen MR) is 146 cm³/mol. The first-order valence-corrected chi connectivity index (χ1v) is 14.6. The summed E-state index contributed by atoms with van der Waals surface area (Å²) in [5.41, 5.74) is 0.994. The van der Waals surface area contributed by atoms with Crippen LogP contribution < -0.4 is 14.9 Å². The van der Waals surface area contributed by atoms with E-state index in [1.807, 2.05) is 0 Å². The quantitative estimate of drug-likeness (QED) is 0.350. The average Bonchev–Trinajstić information content (AvgIpc) is 3.30. The summed E-state index contributed by atoms with van der Waals surface area (Å²) in [7, 11) is -1.61. The zero-order chi connectivity index (χ0) is 26.6. The molecule has 1 aliphatic heterocycles. The Hall–Kier alpha value is -2.87. The lowest BCUT2D eigenvalue weighted by Gasteiger charge is -2.32. The van der Waals surface area contributed by atoms with Crippen LogP contribution >= 0.6 is 11.3 Å². The van der Waals surface area contributed by atoms with Crippen molar-refractivity contribution in [2.24, 2.45) is 0 Å². The monoisotopic (exact) mass is 549 g/mol. The number of aromatic nitrogens is 3. The standard InChI is InChI=1S/C24H32FN7O3S2/c1-4-14-37(34,35)30-18-7-5-6-17(20(18)25)21-22(19-8-9-26-23(28-19)27-15-16(2)33)36-24(29-21)32-12-10-31(3)11-13-32/h5-9,16,30,33H,4,10-15H2,1-3H3,(H,26,27,28)/t16-/m1/s1. The van der Waals surface area contributed by atoms with Gasteiger partial charge in [0.05, 0.1) is 33.8 Å². The van der Waals surface area contributed by atoms with Crippen molar-refractivity contribution in [3.63, 3.8) is 0 Å². The molecule has 0 unspecified atom stereocenters. The van der Waals surface area contributed by atoms with Gasteiger partial charge in [0, 0.05) is 44.5 Å². The van der Waals surface area contributed by atoms with Gasteiger partial charge in [-0.25, -0.2) is 27.8 Å². The molecule has 1 atom stereocenters. The third kappa shape index (κ3) is 6.72. The van der Waals surface area contributed by atoms with Crippen LogP contribution in [0.25, 0.3) is 21.8 Å². The molecule has 1 aliphatic rings. The average molecular weight is 550 g/mol. The molecule has 0 saturated carbocycles. The number of aliphatic hydroxyl groups excluding tert-OH is 1. The summed E-state index contributed by atoms with van der Waals surface area (Å²) in [6.45, 7) is 7.02. The van der Waals surface area contributed by atoms with Gasteiger partial charge in [0.1, 0.15) is 0 Å². The van der Waals surface area contributed by atoms with Crippen molar-refractivity contribution in [2.45, 2.75) is 26.4 Å². The largest absolute Gasteiger partial charge is 0.392 e. The fourth-order valence-electron chi connectivity index (χ4n) is 3.89. The van der Waals surface area contributed by atoms with E-state index in [2.05, 4.69) is 36.9 Å². The lowest BCUT2D eigenvalue weighted by molar-refractivity contribution is 0.208. The second kappa shape index (κ2) is 11.7. The maximum absolute atomic E-state index is 15.8. The number of likely N-dealkylation sites (N-methyl/N-ethyl adjacent to an activating group) is 1. The van der Waals surface area contributed by atoms with Crippen LogP contribution in [0.2, 0.25) is 0 Å². The Morgan fingerprint density at radius 1 is 1.19 bits per heavy atom. The molecule has 1 aromatic carbocycles. The molecule has 1 saturated heterocycles. The topological polar surface area (TPSA) is 124 Å². The maximum Gasteiger partial charge on any atom is 0.232 e. The molecule has 37 heavy (non-hydrogen) atoms. The number of anilines is 3. The second-order valence-electron chi connectivity index (χ2n) is 9.05. The molecule has 0 spiro atoms. The van der Waals surface area contributed by atoms with Crippen LogP contribution in [-0.4, -0.2) is 85.0 Å². The van der Waals surface area contributed by atoms with E-state index in [9.17, 15) is 13.5 Å². The normalized spacial score (nSPS) is 15.5. The maximum atomic E-state index is 15.8. The number of sulfonamides is 1. The molecule has 10 nitrogen and oxygen atoms in total. The molecule has 13 heteroatoms. The van der Waals surface area contributed by atoms with Gasteiger partial charge in [-0.3, -0.25) is 4.72 Å². The lowest BCUT2D eigenvalue weighted by atomic mass is 10.1. The Kier molecular flexibility index (Phi) is 8.57. The SMILES string of the molecule is CCCS(=O)(=O)Nc1cccc(-c2nc(N3CCN(C)CC3)sc2-c2ccnc(NC[C@@H](C)O)n2)c1F. The summed E-state index contributed by atoms with van der Waals surface area (Å²) in [5.74, 6) is -0.462. The van der Waals surface area contributed by atoms with Gasteiger partial charge in [-0.15, -0.1) is 0 Å². The molecule has 3 heterocycles. The molecular formula is C24H32FN7O3S2. The minimum absolute atomic E-state index is 0.102. The molecule has 1 fully saturated rings. The zero-order valence-corrected chi connectivity index (χ0v) is 22.7. The van der Waals surface area contributed by atoms with Gasteiger partial charge in [0.2, 0.25) is 16.0 Å². The summed E-state index contributed by atoms with van der Waals surface area (Å²) < 4.78 is 42.8. The van der Waals surface area contributed by atoms with Crippen LogP contribution in [0, 0.1) is 5.82 Å². The summed E-state index contributed by atoms with van der Waals surface area (Å²) in [6, 6.07) is 6.33. The Morgan fingerprint density at radius 2 is 1.95 bits per heavy atom. The lowest BCUT2D eigenvalue weighted by Crippen LogP contribution is -2.44. The number of aliphatic hydroxyl groups is 1. The summed E-state index contributed by atoms with van der Waals surface area (Å²) in [6.07, 6.45) is 1.43. The van der Waals surface area contributed by atoms with Gasteiger partial charge >= 0.3 is 0 Å². The third-order valence-corrected chi connectivity index (χ3v) is 8.44. The smallest absolute Gasteiger partial charge is 0.232 e. The van der Waals surface area contributed by atoms with E-state index in [0.29, 0.717) is 28.6 Å². The van der Waals surface area contributed by atoms with Gasteiger partial charge < -0.3 is 20.2 Å². The Morgan fingerprint density at radius 3 is 2.65 bits per heavy atom. The van der Waals surface area contributed by atoms with Crippen LogP contribution in [0.3, 0.4) is 0 Å². The highest BCUT2D eigenvalue weighted by atomic mass is 32.2. The minimum atomic E-state index is -3.67. The first kappa shape index (κ1) is 27.2. The van der Waals surface area contributed by atoms with Crippen molar-refractivity contribution in [1.82, 2.24) is 19.9 Å². The highest BCUT2D eigenvalue weighted by molar-refractivity contribution is 7.92. The van der Waals surface area contributed by atoms with Gasteiger partial charge in [0.25, 0.3) is 0 Å². The number of nitrogens with one attached hydrogen (secondary N) is 2. The van der Waals surface area contributed by atoms with Gasteiger partial charge in [-0.1, -0.05) is 24.3 Å². The van der Waals surface area contributed by atoms with Crippen LogP contribution in [0.5, 0.6) is 0 Å². The van der Waals surface area contributed by atoms with Crippen LogP contribution in [0.1, 0.15) is 20.3 Å². The third-order valence-electron chi connectivity index (χ3n) is 5.83. The fourth-order valence-corrected chi connectivity index (χ4v) is 6.12. The van der Waals surface area contributed by atoms with E-state index in [0.717, 1.165) is 31.3 Å². The van der Waals surface area contributed by atoms with Crippen LogP contribution in [0.15, 0.2) is 30.5 Å². The van der Waals surface area contributed by atoms with E-state index in [1.54, 1.807) is 38.2 Å². The number of piperazine rings is 1. The number of halogens is 1. The number of thiazole rings is 1. The molecule has 2 aromatic heterocycles. The molecule has 0 aliphatic carbocycles. The first-order chi connectivity index (χ1) is 17.7. The summed E-state index contributed by atoms with van der Waals surface area (Å²) in [5, 5.41) is 13.3. The van der Waals surface area contributed by atoms with Crippen molar-refractivity contribution in [1.29, 1.82) is 0 Å². The molecule has 0 amide bonds. The first-order valence-electron chi connectivity index (χ1n) is 12.2. The van der Waals surface area contributed by atoms with E-state index in [1.165, 1.54) is 17.4 Å². The molecule has 0 bridgehead atoms. The second-order valence-corrected chi connectivity index (χ2v) is 11.9. The number of benzene rings is 1. The predicted octanol–water partition coefficient (Wildman–Crippen LogP) is 3.10. The number of rotatable bonds is 10. The van der Waals surface area contributed by atoms with E-state index < -0.39 is 21.9 Å². The Bertz CT molecular complexity index is 1330. The highest BCUT2D eigenvalue weighted by Gasteiger charge is 2.25. The van der Waals surface area contributed by atoms with E-state index in [-0.39, 0.29) is 23.5 Å². The molecule has 3 aromatic rings. The van der Waals surface area contributed by atoms with Crippen molar-refractivity contribution in [3.8, 4) is 21.8 Å². The van der Waals surface area contributed by atoms with Crippen molar-refractivity contribution in [3.05, 3.63) is 36.3 Å². The van der Waals surface area contributed by atoms with Crippen LogP contribution in [-0.2, 0) is 10.0 Å².